The number of ether oxygens (including phenoxy) is 2. The highest BCUT2D eigenvalue weighted by Gasteiger charge is 2.00. The zero-order valence-electron chi connectivity index (χ0n) is 12.1. The highest BCUT2D eigenvalue weighted by Crippen LogP contribution is 2.25. The fourth-order valence-electron chi connectivity index (χ4n) is 1.71. The van der Waals surface area contributed by atoms with Gasteiger partial charge in [0.25, 0.3) is 0 Å². The molecular formula is C16H17ClN2O2S. The van der Waals surface area contributed by atoms with Crippen molar-refractivity contribution in [2.75, 3.05) is 25.6 Å². The lowest BCUT2D eigenvalue weighted by Crippen LogP contribution is -2.31. The molecule has 0 bridgehead atoms. The third-order valence-electron chi connectivity index (χ3n) is 2.74. The first-order valence-corrected chi connectivity index (χ1v) is 7.53. The molecule has 0 radical (unpaired) electrons. The number of rotatable bonds is 6. The molecule has 0 atom stereocenters. The van der Waals surface area contributed by atoms with E-state index in [0.29, 0.717) is 29.0 Å². The highest BCUT2D eigenvalue weighted by atomic mass is 35.5. The first-order chi connectivity index (χ1) is 10.7. The van der Waals surface area contributed by atoms with Crippen LogP contribution in [-0.4, -0.2) is 25.4 Å². The summed E-state index contributed by atoms with van der Waals surface area (Å²) in [5.41, 5.74) is 0.883. The van der Waals surface area contributed by atoms with Gasteiger partial charge in [-0.2, -0.15) is 0 Å². The molecule has 2 aromatic carbocycles. The summed E-state index contributed by atoms with van der Waals surface area (Å²) in [7, 11) is 1.65. The SMILES string of the molecule is COCCNC(=S)Nc1ccc(Oc2cccc(Cl)c2)cc1. The Morgan fingerprint density at radius 2 is 1.91 bits per heavy atom. The summed E-state index contributed by atoms with van der Waals surface area (Å²) in [5, 5.41) is 7.33. The largest absolute Gasteiger partial charge is 0.457 e. The number of hydrogen-bond donors (Lipinski definition) is 2. The van der Waals surface area contributed by atoms with E-state index in [9.17, 15) is 0 Å². The van der Waals surface area contributed by atoms with Crippen molar-refractivity contribution < 1.29 is 9.47 Å². The smallest absolute Gasteiger partial charge is 0.170 e. The van der Waals surface area contributed by atoms with E-state index in [-0.39, 0.29) is 0 Å². The average Bonchev–Trinajstić information content (AvgIpc) is 2.50. The van der Waals surface area contributed by atoms with Crippen LogP contribution in [0.15, 0.2) is 48.5 Å². The molecule has 0 aromatic heterocycles. The molecule has 4 nitrogen and oxygen atoms in total. The van der Waals surface area contributed by atoms with Crippen LogP contribution in [0.3, 0.4) is 0 Å². The minimum absolute atomic E-state index is 0.556. The second-order valence-electron chi connectivity index (χ2n) is 4.46. The fourth-order valence-corrected chi connectivity index (χ4v) is 2.11. The van der Waals surface area contributed by atoms with Crippen molar-refractivity contribution in [3.05, 3.63) is 53.6 Å². The molecule has 2 aromatic rings. The predicted molar refractivity (Wildman–Crippen MR) is 94.1 cm³/mol. The zero-order chi connectivity index (χ0) is 15.8. The molecule has 0 unspecified atom stereocenters. The topological polar surface area (TPSA) is 42.5 Å². The molecule has 0 spiro atoms. The molecule has 6 heteroatoms. The number of hydrogen-bond acceptors (Lipinski definition) is 3. The van der Waals surface area contributed by atoms with E-state index >= 15 is 0 Å². The van der Waals surface area contributed by atoms with Crippen LogP contribution in [-0.2, 0) is 4.74 Å². The van der Waals surface area contributed by atoms with E-state index in [1.54, 1.807) is 19.2 Å². The van der Waals surface area contributed by atoms with E-state index < -0.39 is 0 Å². The molecular weight excluding hydrogens is 320 g/mol. The molecule has 0 heterocycles. The van der Waals surface area contributed by atoms with Crippen LogP contribution < -0.4 is 15.4 Å². The minimum atomic E-state index is 0.556. The molecule has 2 rings (SSSR count). The number of thiocarbonyl (C=S) groups is 1. The Labute approximate surface area is 140 Å². The Morgan fingerprint density at radius 3 is 2.59 bits per heavy atom. The van der Waals surface area contributed by atoms with Gasteiger partial charge >= 0.3 is 0 Å². The van der Waals surface area contributed by atoms with Crippen molar-refractivity contribution in [1.29, 1.82) is 0 Å². The van der Waals surface area contributed by atoms with Crippen molar-refractivity contribution >= 4 is 34.6 Å². The van der Waals surface area contributed by atoms with Crippen LogP contribution >= 0.6 is 23.8 Å². The summed E-state index contributed by atoms with van der Waals surface area (Å²) in [4.78, 5) is 0. The Morgan fingerprint density at radius 1 is 1.14 bits per heavy atom. The van der Waals surface area contributed by atoms with Gasteiger partial charge in [-0.3, -0.25) is 0 Å². The Kier molecular flexibility index (Phi) is 6.45. The molecule has 0 aliphatic heterocycles. The Hall–Kier alpha value is -1.82. The van der Waals surface area contributed by atoms with Crippen LogP contribution in [0.25, 0.3) is 0 Å². The summed E-state index contributed by atoms with van der Waals surface area (Å²) in [5.74, 6) is 1.43. The van der Waals surface area contributed by atoms with Gasteiger partial charge < -0.3 is 20.1 Å². The van der Waals surface area contributed by atoms with E-state index in [4.69, 9.17) is 33.3 Å². The molecule has 0 amide bonds. The number of methoxy groups -OCH3 is 1. The van der Waals surface area contributed by atoms with Crippen molar-refractivity contribution in [1.82, 2.24) is 5.32 Å². The average molecular weight is 337 g/mol. The summed E-state index contributed by atoms with van der Waals surface area (Å²) in [6.07, 6.45) is 0. The van der Waals surface area contributed by atoms with Gasteiger partial charge in [0.1, 0.15) is 11.5 Å². The fraction of sp³-hybridized carbons (Fsp3) is 0.188. The number of halogens is 1. The first kappa shape index (κ1) is 16.5. The first-order valence-electron chi connectivity index (χ1n) is 6.74. The van der Waals surface area contributed by atoms with Crippen LogP contribution in [0.2, 0.25) is 5.02 Å². The third kappa shape index (κ3) is 5.52. The summed E-state index contributed by atoms with van der Waals surface area (Å²) >= 11 is 11.1. The molecule has 0 fully saturated rings. The molecule has 22 heavy (non-hydrogen) atoms. The maximum absolute atomic E-state index is 5.93. The van der Waals surface area contributed by atoms with E-state index in [0.717, 1.165) is 11.4 Å². The van der Waals surface area contributed by atoms with Gasteiger partial charge in [0.2, 0.25) is 0 Å². The summed E-state index contributed by atoms with van der Waals surface area (Å²) in [6.45, 7) is 1.27. The third-order valence-corrected chi connectivity index (χ3v) is 3.22. The number of anilines is 1. The Bertz CT molecular complexity index is 620. The van der Waals surface area contributed by atoms with E-state index in [1.165, 1.54) is 0 Å². The highest BCUT2D eigenvalue weighted by molar-refractivity contribution is 7.80. The van der Waals surface area contributed by atoms with Gasteiger partial charge in [-0.05, 0) is 54.7 Å². The molecule has 2 N–H and O–H groups in total. The monoisotopic (exact) mass is 336 g/mol. The van der Waals surface area contributed by atoms with Crippen molar-refractivity contribution in [3.63, 3.8) is 0 Å². The summed E-state index contributed by atoms with van der Waals surface area (Å²) < 4.78 is 10.7. The van der Waals surface area contributed by atoms with Crippen LogP contribution in [0, 0.1) is 0 Å². The Balaban J connectivity index is 1.88. The molecule has 0 saturated heterocycles. The predicted octanol–water partition coefficient (Wildman–Crippen LogP) is 4.07. The van der Waals surface area contributed by atoms with Crippen LogP contribution in [0.4, 0.5) is 5.69 Å². The maximum Gasteiger partial charge on any atom is 0.170 e. The number of nitrogens with one attached hydrogen (secondary N) is 2. The van der Waals surface area contributed by atoms with Gasteiger partial charge in [-0.25, -0.2) is 0 Å². The second kappa shape index (κ2) is 8.58. The lowest BCUT2D eigenvalue weighted by molar-refractivity contribution is 0.204. The minimum Gasteiger partial charge on any atom is -0.457 e. The van der Waals surface area contributed by atoms with Gasteiger partial charge in [0.05, 0.1) is 6.61 Å². The molecule has 0 saturated carbocycles. The second-order valence-corrected chi connectivity index (χ2v) is 5.30. The van der Waals surface area contributed by atoms with E-state index in [2.05, 4.69) is 10.6 Å². The van der Waals surface area contributed by atoms with Crippen molar-refractivity contribution in [2.45, 2.75) is 0 Å². The van der Waals surface area contributed by atoms with Crippen molar-refractivity contribution in [3.8, 4) is 11.5 Å². The van der Waals surface area contributed by atoms with Crippen LogP contribution in [0.5, 0.6) is 11.5 Å². The lowest BCUT2D eigenvalue weighted by atomic mass is 10.3. The normalized spacial score (nSPS) is 10.1. The molecule has 0 aliphatic carbocycles. The molecule has 0 aliphatic rings. The zero-order valence-corrected chi connectivity index (χ0v) is 13.7. The van der Waals surface area contributed by atoms with Gasteiger partial charge in [-0.15, -0.1) is 0 Å². The van der Waals surface area contributed by atoms with Gasteiger partial charge in [-0.1, -0.05) is 17.7 Å². The quantitative estimate of drug-likeness (QED) is 0.615. The van der Waals surface area contributed by atoms with Gasteiger partial charge in [0, 0.05) is 24.4 Å². The molecule has 116 valence electrons. The number of benzene rings is 2. The maximum atomic E-state index is 5.93. The van der Waals surface area contributed by atoms with E-state index in [1.807, 2.05) is 36.4 Å². The standard InChI is InChI=1S/C16H17ClN2O2S/c1-20-10-9-18-16(22)19-13-5-7-14(8-6-13)21-15-4-2-3-12(17)11-15/h2-8,11H,9-10H2,1H3,(H2,18,19,22). The van der Waals surface area contributed by atoms with Crippen LogP contribution in [0.1, 0.15) is 0 Å². The summed E-state index contributed by atoms with van der Waals surface area (Å²) in [6, 6.07) is 14.8. The lowest BCUT2D eigenvalue weighted by Gasteiger charge is -2.11. The van der Waals surface area contributed by atoms with Crippen molar-refractivity contribution in [2.24, 2.45) is 0 Å². The van der Waals surface area contributed by atoms with Gasteiger partial charge in [0.15, 0.2) is 5.11 Å².